The highest BCUT2D eigenvalue weighted by molar-refractivity contribution is 7.95. The molecular formula is C53H30BF20P. The van der Waals surface area contributed by atoms with Gasteiger partial charge in [-0.25, -0.2) is 87.8 Å². The first-order valence-corrected chi connectivity index (χ1v) is 23.6. The minimum absolute atomic E-state index is 0.170. The normalized spacial score (nSPS) is 12.0. The molecule has 0 bridgehead atoms. The third kappa shape index (κ3) is 9.09. The molecule has 0 unspecified atom stereocenters. The van der Waals surface area contributed by atoms with Crippen LogP contribution in [0.4, 0.5) is 87.8 Å². The summed E-state index contributed by atoms with van der Waals surface area (Å²) in [6.45, 7) is 6.83. The molecule has 8 aromatic carbocycles. The lowest BCUT2D eigenvalue weighted by molar-refractivity contribution is 0.378. The Hall–Kier alpha value is -7.15. The van der Waals surface area contributed by atoms with E-state index in [1.54, 1.807) is 0 Å². The lowest BCUT2D eigenvalue weighted by Crippen LogP contribution is -2.81. The number of rotatable bonds is 9. The van der Waals surface area contributed by atoms with Crippen LogP contribution in [0.25, 0.3) is 0 Å². The van der Waals surface area contributed by atoms with Crippen LogP contribution in [0.15, 0.2) is 115 Å². The molecule has 0 saturated carbocycles. The van der Waals surface area contributed by atoms with E-state index >= 15 is 35.1 Å². The van der Waals surface area contributed by atoms with Gasteiger partial charge in [0.1, 0.15) is 75.9 Å². The van der Waals surface area contributed by atoms with E-state index < -0.39 is 152 Å². The molecule has 0 radical (unpaired) electrons. The van der Waals surface area contributed by atoms with Crippen LogP contribution in [0.1, 0.15) is 31.9 Å². The van der Waals surface area contributed by atoms with Crippen LogP contribution in [0.3, 0.4) is 0 Å². The van der Waals surface area contributed by atoms with E-state index in [1.165, 1.54) is 27.0 Å². The molecule has 0 amide bonds. The second-order valence-electron chi connectivity index (χ2n) is 17.7. The van der Waals surface area contributed by atoms with Crippen LogP contribution in [0.2, 0.25) is 0 Å². The highest BCUT2D eigenvalue weighted by atomic mass is 31.2. The summed E-state index contributed by atoms with van der Waals surface area (Å²) in [6, 6.07) is 42.6. The smallest absolute Gasteiger partial charge is 0.200 e. The first-order chi connectivity index (χ1) is 35.2. The fourth-order valence-corrected chi connectivity index (χ4v) is 13.3. The van der Waals surface area contributed by atoms with E-state index in [1.807, 2.05) is 0 Å². The monoisotopic (exact) mass is 1090 g/mol. The molecule has 0 nitrogen and oxygen atoms in total. The summed E-state index contributed by atoms with van der Waals surface area (Å²) in [5.74, 6) is -71.4. The second kappa shape index (κ2) is 20.9. The number of benzene rings is 8. The van der Waals surface area contributed by atoms with Gasteiger partial charge in [0, 0.05) is 0 Å². The van der Waals surface area contributed by atoms with E-state index in [2.05, 4.69) is 136 Å². The first-order valence-electron chi connectivity index (χ1n) is 21.6. The SMILES string of the molecule is CC(C)(C)c1ccc(C[P+](c2ccccc2)(c2ccccc2)c2ccccc2)cc1.Fc1c(F)c(F)c([B-](c2c(F)c(F)c(F)c(F)c2F)(c2c(F)c(F)c(F)c(F)c2F)c2c(F)c(F)c(F)c(F)c2F)c(F)c1F. The zero-order valence-corrected chi connectivity index (χ0v) is 39.2. The number of hydrogen-bond donors (Lipinski definition) is 0. The fourth-order valence-electron chi connectivity index (χ4n) is 9.03. The zero-order valence-electron chi connectivity index (χ0n) is 38.3. The Labute approximate surface area is 413 Å². The Bertz CT molecular complexity index is 3000. The number of halogens is 20. The molecule has 0 aliphatic carbocycles. The van der Waals surface area contributed by atoms with Crippen molar-refractivity contribution >= 4 is 51.2 Å². The molecule has 0 N–H and O–H groups in total. The van der Waals surface area contributed by atoms with Crippen molar-refractivity contribution in [3.05, 3.63) is 243 Å². The van der Waals surface area contributed by atoms with Crippen molar-refractivity contribution < 1.29 is 87.8 Å². The van der Waals surface area contributed by atoms with Gasteiger partial charge in [0.05, 0.1) is 6.16 Å². The highest BCUT2D eigenvalue weighted by Gasteiger charge is 2.52. The third-order valence-corrected chi connectivity index (χ3v) is 16.9. The average molecular weight is 1090 g/mol. The van der Waals surface area contributed by atoms with Crippen molar-refractivity contribution in [2.24, 2.45) is 0 Å². The quantitative estimate of drug-likeness (QED) is 0.0444. The Morgan fingerprint density at radius 1 is 0.280 bits per heavy atom. The molecule has 75 heavy (non-hydrogen) atoms. The van der Waals surface area contributed by atoms with E-state index in [0.29, 0.717) is 0 Å². The summed E-state index contributed by atoms with van der Waals surface area (Å²) in [5, 5.41) is 4.30. The van der Waals surface area contributed by atoms with Gasteiger partial charge in [-0.3, -0.25) is 0 Å². The van der Waals surface area contributed by atoms with Crippen molar-refractivity contribution in [3.8, 4) is 0 Å². The van der Waals surface area contributed by atoms with E-state index in [-0.39, 0.29) is 5.41 Å². The van der Waals surface area contributed by atoms with Crippen molar-refractivity contribution in [3.63, 3.8) is 0 Å². The van der Waals surface area contributed by atoms with Gasteiger partial charge in [-0.15, -0.1) is 21.9 Å². The minimum Gasteiger partial charge on any atom is -0.207 e. The van der Waals surface area contributed by atoms with Crippen LogP contribution in [-0.2, 0) is 11.6 Å². The molecule has 22 heteroatoms. The summed E-state index contributed by atoms with van der Waals surface area (Å²) in [7, 11) is -1.83. The molecule has 8 aromatic rings. The van der Waals surface area contributed by atoms with Gasteiger partial charge in [0.15, 0.2) is 69.8 Å². The van der Waals surface area contributed by atoms with Gasteiger partial charge in [-0.1, -0.05) is 99.6 Å². The Morgan fingerprint density at radius 3 is 0.680 bits per heavy atom. The second-order valence-corrected chi connectivity index (χ2v) is 21.2. The van der Waals surface area contributed by atoms with Crippen molar-refractivity contribution in [1.82, 2.24) is 0 Å². The third-order valence-electron chi connectivity index (χ3n) is 12.5. The summed E-state index contributed by atoms with van der Waals surface area (Å²) in [4.78, 5) is 0. The summed E-state index contributed by atoms with van der Waals surface area (Å²) >= 11 is 0. The van der Waals surface area contributed by atoms with E-state index in [9.17, 15) is 52.7 Å². The molecule has 0 fully saturated rings. The largest absolute Gasteiger partial charge is 0.207 e. The summed E-state index contributed by atoms with van der Waals surface area (Å²) in [5.41, 5.74) is -11.4. The standard InChI is InChI=1S/C29H30P.C24BF20/c1-29(2,3)25-21-19-24(20-22-25)23-30(26-13-7-4-8-14-26,27-15-9-5-10-16-27)28-17-11-6-12-18-28;26-5-1(6(27)14(35)21(42)13(5)34)25(2-7(28)15(36)22(43)16(37)8(2)29,3-9(30)17(38)23(44)18(39)10(3)31)4-11(32)19(40)24(45)20(41)12(4)33/h4-22H,23H2,1-3H3;/q+1;-1. The zero-order chi connectivity index (χ0) is 55.4. The lowest BCUT2D eigenvalue weighted by Gasteiger charge is -2.44. The molecule has 8 rings (SSSR count). The van der Waals surface area contributed by atoms with E-state index in [4.69, 9.17) is 0 Å². The summed E-state index contributed by atoms with van der Waals surface area (Å²) < 4.78 is 294. The molecule has 0 aromatic heterocycles. The van der Waals surface area contributed by atoms with Gasteiger partial charge in [0.2, 0.25) is 0 Å². The van der Waals surface area contributed by atoms with Gasteiger partial charge in [-0.2, -0.15) is 0 Å². The Balaban J connectivity index is 0.000000236. The molecule has 0 heterocycles. The van der Waals surface area contributed by atoms with Gasteiger partial charge >= 0.3 is 0 Å². The van der Waals surface area contributed by atoms with Crippen molar-refractivity contribution in [2.45, 2.75) is 32.3 Å². The molecule has 390 valence electrons. The topological polar surface area (TPSA) is 0 Å². The van der Waals surface area contributed by atoms with Crippen LogP contribution < -0.4 is 37.8 Å². The molecule has 0 atom stereocenters. The van der Waals surface area contributed by atoms with Crippen LogP contribution in [0, 0.1) is 116 Å². The van der Waals surface area contributed by atoms with Crippen LogP contribution in [0.5, 0.6) is 0 Å². The molecule has 0 spiro atoms. The molecular weight excluding hydrogens is 1060 g/mol. The first kappa shape index (κ1) is 55.6. The molecule has 0 aliphatic rings. The Kier molecular flexibility index (Phi) is 15.5. The predicted molar refractivity (Wildman–Crippen MR) is 243 cm³/mol. The molecule has 0 aliphatic heterocycles. The van der Waals surface area contributed by atoms with Gasteiger partial charge in [-0.05, 0) is 52.9 Å². The Morgan fingerprint density at radius 2 is 0.480 bits per heavy atom. The van der Waals surface area contributed by atoms with Crippen molar-refractivity contribution in [1.29, 1.82) is 0 Å². The predicted octanol–water partition coefficient (Wildman–Crippen LogP) is 12.3. The highest BCUT2D eigenvalue weighted by Crippen LogP contribution is 2.58. The van der Waals surface area contributed by atoms with Gasteiger partial charge in [0.25, 0.3) is 0 Å². The maximum Gasteiger partial charge on any atom is 0.200 e. The average Bonchev–Trinajstić information content (AvgIpc) is 3.40. The van der Waals surface area contributed by atoms with Crippen LogP contribution >= 0.6 is 7.26 Å². The maximum atomic E-state index is 15.4. The maximum absolute atomic E-state index is 15.4. The van der Waals surface area contributed by atoms with Crippen molar-refractivity contribution in [2.75, 3.05) is 0 Å². The lowest BCUT2D eigenvalue weighted by atomic mass is 9.12. The van der Waals surface area contributed by atoms with Crippen LogP contribution in [-0.4, -0.2) is 6.15 Å². The van der Waals surface area contributed by atoms with E-state index in [0.717, 1.165) is 6.16 Å². The summed E-state index contributed by atoms with van der Waals surface area (Å²) in [6.07, 6.45) is -6.19. The number of hydrogen-bond acceptors (Lipinski definition) is 0. The molecule has 0 saturated heterocycles. The minimum atomic E-state index is -7.22. The fraction of sp³-hybridized carbons (Fsp3) is 0.0943. The van der Waals surface area contributed by atoms with Gasteiger partial charge < -0.3 is 0 Å².